The van der Waals surface area contributed by atoms with Crippen LogP contribution in [0.4, 0.5) is 4.79 Å². The molecule has 2 bridgehead atoms. The van der Waals surface area contributed by atoms with Crippen LogP contribution in [0.15, 0.2) is 57.7 Å². The summed E-state index contributed by atoms with van der Waals surface area (Å²) in [7, 11) is 1.54. The van der Waals surface area contributed by atoms with Gasteiger partial charge in [0.1, 0.15) is 28.7 Å². The average Bonchev–Trinajstić information content (AvgIpc) is 3.04. The molecule has 7 heteroatoms. The van der Waals surface area contributed by atoms with Crippen LogP contribution in [-0.4, -0.2) is 41.4 Å². The van der Waals surface area contributed by atoms with Crippen molar-refractivity contribution < 1.29 is 23.8 Å². The molecule has 3 aromatic rings. The summed E-state index contributed by atoms with van der Waals surface area (Å²) in [4.78, 5) is 25.8. The molecule has 2 aliphatic heterocycles. The minimum absolute atomic E-state index is 0.00756. The highest BCUT2D eigenvalue weighted by Crippen LogP contribution is 2.39. The number of nitrogens with zero attached hydrogens (tertiary/aromatic N) is 1. The van der Waals surface area contributed by atoms with Gasteiger partial charge in [0.05, 0.1) is 12.5 Å². The molecule has 0 saturated carbocycles. The lowest BCUT2D eigenvalue weighted by atomic mass is 10.00. The molecule has 1 N–H and O–H groups in total. The van der Waals surface area contributed by atoms with Crippen LogP contribution in [-0.2, 0) is 0 Å². The van der Waals surface area contributed by atoms with Crippen LogP contribution >= 0.6 is 0 Å². The monoisotopic (exact) mass is 421 g/mol. The van der Waals surface area contributed by atoms with Gasteiger partial charge in [0, 0.05) is 31.0 Å². The second-order valence-corrected chi connectivity index (χ2v) is 8.11. The Kier molecular flexibility index (Phi) is 4.81. The van der Waals surface area contributed by atoms with Crippen molar-refractivity contribution in [2.24, 2.45) is 0 Å². The molecule has 0 spiro atoms. The van der Waals surface area contributed by atoms with E-state index in [0.29, 0.717) is 40.9 Å². The lowest BCUT2D eigenvalue weighted by molar-refractivity contribution is 0.0496. The number of ether oxygens (including phenoxy) is 2. The van der Waals surface area contributed by atoms with Gasteiger partial charge in [0.25, 0.3) is 0 Å². The van der Waals surface area contributed by atoms with Gasteiger partial charge in [0.15, 0.2) is 0 Å². The number of amides is 1. The van der Waals surface area contributed by atoms with Crippen LogP contribution in [0, 0.1) is 0 Å². The van der Waals surface area contributed by atoms with Crippen molar-refractivity contribution in [3.05, 3.63) is 59.0 Å². The van der Waals surface area contributed by atoms with Gasteiger partial charge in [-0.1, -0.05) is 30.3 Å². The molecule has 1 unspecified atom stereocenters. The summed E-state index contributed by atoms with van der Waals surface area (Å²) in [6.45, 7) is 0. The van der Waals surface area contributed by atoms with E-state index in [-0.39, 0.29) is 18.2 Å². The maximum Gasteiger partial charge on any atom is 0.407 e. The van der Waals surface area contributed by atoms with E-state index in [1.54, 1.807) is 11.0 Å². The number of hydrogen-bond donors (Lipinski definition) is 1. The van der Waals surface area contributed by atoms with Gasteiger partial charge in [-0.05, 0) is 30.5 Å². The molecule has 1 amide bonds. The molecule has 0 aliphatic carbocycles. The van der Waals surface area contributed by atoms with E-state index < -0.39 is 11.7 Å². The number of methoxy groups -OCH3 is 1. The smallest absolute Gasteiger partial charge is 0.407 e. The third-order valence-electron chi connectivity index (χ3n) is 6.31. The van der Waals surface area contributed by atoms with Crippen molar-refractivity contribution in [1.29, 1.82) is 0 Å². The van der Waals surface area contributed by atoms with E-state index in [2.05, 4.69) is 0 Å². The van der Waals surface area contributed by atoms with Crippen molar-refractivity contribution in [2.45, 2.75) is 43.9 Å². The zero-order valence-electron chi connectivity index (χ0n) is 17.1. The first-order valence-electron chi connectivity index (χ1n) is 10.4. The van der Waals surface area contributed by atoms with Gasteiger partial charge in [0.2, 0.25) is 0 Å². The molecular formula is C24H23NO6. The maximum atomic E-state index is 12.8. The van der Waals surface area contributed by atoms with Crippen molar-refractivity contribution in [1.82, 2.24) is 4.90 Å². The number of rotatable bonds is 4. The standard InChI is InChI=1S/C24H23NO6/c1-29-22-19-10-9-17(30-18-11-15-7-8-16(12-18)25(15)24(27)28)13-20(19)31-23(26)21(22)14-5-3-2-4-6-14/h2-6,9-10,13,15-16,18H,7-8,11-12H2,1H3,(H,27,28)/t15-,16+,18?. The van der Waals surface area contributed by atoms with Crippen molar-refractivity contribution in [2.75, 3.05) is 7.11 Å². The Morgan fingerprint density at radius 2 is 1.81 bits per heavy atom. The Balaban J connectivity index is 1.45. The van der Waals surface area contributed by atoms with E-state index in [1.165, 1.54) is 7.11 Å². The second kappa shape index (κ2) is 7.65. The molecule has 2 aromatic carbocycles. The number of fused-ring (bicyclic) bond motifs is 3. The minimum Gasteiger partial charge on any atom is -0.495 e. The first-order chi connectivity index (χ1) is 15.0. The summed E-state index contributed by atoms with van der Waals surface area (Å²) >= 11 is 0. The van der Waals surface area contributed by atoms with Crippen molar-refractivity contribution in [3.8, 4) is 22.6 Å². The maximum absolute atomic E-state index is 12.8. The Morgan fingerprint density at radius 3 is 2.45 bits per heavy atom. The van der Waals surface area contributed by atoms with Gasteiger partial charge in [-0.3, -0.25) is 0 Å². The second-order valence-electron chi connectivity index (χ2n) is 8.11. The molecule has 0 radical (unpaired) electrons. The van der Waals surface area contributed by atoms with Crippen LogP contribution in [0.25, 0.3) is 22.1 Å². The topological polar surface area (TPSA) is 89.2 Å². The molecule has 160 valence electrons. The van der Waals surface area contributed by atoms with Gasteiger partial charge in [-0.2, -0.15) is 0 Å². The Morgan fingerprint density at radius 1 is 1.10 bits per heavy atom. The predicted molar refractivity (Wildman–Crippen MR) is 115 cm³/mol. The van der Waals surface area contributed by atoms with Gasteiger partial charge in [-0.15, -0.1) is 0 Å². The van der Waals surface area contributed by atoms with E-state index in [9.17, 15) is 14.7 Å². The molecule has 7 nitrogen and oxygen atoms in total. The van der Waals surface area contributed by atoms with Crippen LogP contribution in [0.5, 0.6) is 11.5 Å². The summed E-state index contributed by atoms with van der Waals surface area (Å²) in [6.07, 6.45) is 2.18. The van der Waals surface area contributed by atoms with Crippen molar-refractivity contribution >= 4 is 17.1 Å². The molecule has 2 saturated heterocycles. The SMILES string of the molecule is COc1c(-c2ccccc2)c(=O)oc2cc(OC3C[C@H]4CC[C@@H](C3)N4C(=O)O)ccc12. The lowest BCUT2D eigenvalue weighted by Gasteiger charge is -2.37. The highest BCUT2D eigenvalue weighted by atomic mass is 16.5. The number of carbonyl (C=O) groups is 1. The molecule has 5 rings (SSSR count). The fourth-order valence-electron chi connectivity index (χ4n) is 5.02. The molecule has 2 fully saturated rings. The first kappa shape index (κ1) is 19.5. The number of benzene rings is 2. The van der Waals surface area contributed by atoms with Crippen LogP contribution in [0.1, 0.15) is 25.7 Å². The quantitative estimate of drug-likeness (QED) is 0.623. The molecule has 2 aliphatic rings. The summed E-state index contributed by atoms with van der Waals surface area (Å²) < 4.78 is 17.4. The highest BCUT2D eigenvalue weighted by Gasteiger charge is 2.44. The molecular weight excluding hydrogens is 398 g/mol. The average molecular weight is 421 g/mol. The third-order valence-corrected chi connectivity index (χ3v) is 6.31. The fraction of sp³-hybridized carbons (Fsp3) is 0.333. The molecule has 31 heavy (non-hydrogen) atoms. The molecule has 1 aromatic heterocycles. The molecule has 3 heterocycles. The van der Waals surface area contributed by atoms with E-state index >= 15 is 0 Å². The molecule has 3 atom stereocenters. The van der Waals surface area contributed by atoms with E-state index in [4.69, 9.17) is 13.9 Å². The summed E-state index contributed by atoms with van der Waals surface area (Å²) in [5.74, 6) is 1.06. The van der Waals surface area contributed by atoms with E-state index in [0.717, 1.165) is 18.4 Å². The number of hydrogen-bond acceptors (Lipinski definition) is 5. The third kappa shape index (κ3) is 3.40. The Bertz CT molecular complexity index is 1170. The van der Waals surface area contributed by atoms with Crippen LogP contribution in [0.2, 0.25) is 0 Å². The summed E-state index contributed by atoms with van der Waals surface area (Å²) in [6, 6.07) is 14.7. The first-order valence-corrected chi connectivity index (χ1v) is 10.4. The Labute approximate surface area is 178 Å². The normalized spacial score (nSPS) is 22.5. The Hall–Kier alpha value is -3.48. The summed E-state index contributed by atoms with van der Waals surface area (Å²) in [5, 5.41) is 10.1. The van der Waals surface area contributed by atoms with Crippen LogP contribution < -0.4 is 15.1 Å². The highest BCUT2D eigenvalue weighted by molar-refractivity contribution is 5.91. The predicted octanol–water partition coefficient (Wildman–Crippen LogP) is 4.52. The van der Waals surface area contributed by atoms with Gasteiger partial charge < -0.3 is 23.9 Å². The van der Waals surface area contributed by atoms with Gasteiger partial charge in [-0.25, -0.2) is 9.59 Å². The summed E-state index contributed by atoms with van der Waals surface area (Å²) in [5.41, 5.74) is 1.04. The zero-order chi connectivity index (χ0) is 21.5. The van der Waals surface area contributed by atoms with E-state index in [1.807, 2.05) is 42.5 Å². The lowest BCUT2D eigenvalue weighted by Crippen LogP contribution is -2.48. The number of carboxylic acid groups (broad SMARTS) is 1. The largest absolute Gasteiger partial charge is 0.495 e. The van der Waals surface area contributed by atoms with Crippen LogP contribution in [0.3, 0.4) is 0 Å². The zero-order valence-corrected chi connectivity index (χ0v) is 17.1. The minimum atomic E-state index is -0.847. The van der Waals surface area contributed by atoms with Gasteiger partial charge >= 0.3 is 11.7 Å². The fourth-order valence-corrected chi connectivity index (χ4v) is 5.02. The van der Waals surface area contributed by atoms with Crippen molar-refractivity contribution in [3.63, 3.8) is 0 Å². The number of piperidine rings is 1.